The summed E-state index contributed by atoms with van der Waals surface area (Å²) in [5.41, 5.74) is 1.65. The predicted octanol–water partition coefficient (Wildman–Crippen LogP) is 4.39. The number of hydrogen-bond donors (Lipinski definition) is 0. The fourth-order valence-corrected chi connectivity index (χ4v) is 2.21. The summed E-state index contributed by atoms with van der Waals surface area (Å²) in [5.74, 6) is 0.236. The van der Waals surface area contributed by atoms with Gasteiger partial charge in [-0.05, 0) is 47.5 Å². The topological polar surface area (TPSA) is 78.9 Å². The SMILES string of the molecule is O=C(/C=C/c1ccco1)OCc1ccc(COC(=O)/C=C/c2ccco2)cc1. The van der Waals surface area contributed by atoms with E-state index in [-0.39, 0.29) is 13.2 Å². The molecule has 3 rings (SSSR count). The van der Waals surface area contributed by atoms with Crippen LogP contribution in [0.15, 0.2) is 82.0 Å². The molecule has 0 amide bonds. The highest BCUT2D eigenvalue weighted by atomic mass is 16.5. The van der Waals surface area contributed by atoms with Gasteiger partial charge in [0.2, 0.25) is 0 Å². The maximum absolute atomic E-state index is 11.7. The van der Waals surface area contributed by atoms with Crippen molar-refractivity contribution in [1.82, 2.24) is 0 Å². The molecule has 0 saturated heterocycles. The minimum atomic E-state index is -0.460. The van der Waals surface area contributed by atoms with Gasteiger partial charge in [-0.25, -0.2) is 9.59 Å². The largest absolute Gasteiger partial charge is 0.465 e. The van der Waals surface area contributed by atoms with Crippen molar-refractivity contribution in [3.8, 4) is 0 Å². The molecule has 2 heterocycles. The fraction of sp³-hybridized carbons (Fsp3) is 0.0909. The summed E-state index contributed by atoms with van der Waals surface area (Å²) in [7, 11) is 0. The van der Waals surface area contributed by atoms with Crippen LogP contribution in [-0.4, -0.2) is 11.9 Å². The van der Waals surface area contributed by atoms with Gasteiger partial charge in [0.1, 0.15) is 24.7 Å². The predicted molar refractivity (Wildman–Crippen MR) is 102 cm³/mol. The number of esters is 2. The highest BCUT2D eigenvalue weighted by molar-refractivity contribution is 5.87. The Hall–Kier alpha value is -3.80. The van der Waals surface area contributed by atoms with E-state index < -0.39 is 11.9 Å². The number of carbonyl (C=O) groups is 2. The van der Waals surface area contributed by atoms with E-state index in [0.29, 0.717) is 11.5 Å². The van der Waals surface area contributed by atoms with Crippen LogP contribution >= 0.6 is 0 Å². The fourth-order valence-electron chi connectivity index (χ4n) is 2.21. The Morgan fingerprint density at radius 3 is 1.50 bits per heavy atom. The molecule has 0 radical (unpaired) electrons. The van der Waals surface area contributed by atoms with Crippen molar-refractivity contribution in [1.29, 1.82) is 0 Å². The Morgan fingerprint density at radius 2 is 1.14 bits per heavy atom. The number of hydrogen-bond acceptors (Lipinski definition) is 6. The van der Waals surface area contributed by atoms with Crippen LogP contribution in [0.5, 0.6) is 0 Å². The third-order valence-corrected chi connectivity index (χ3v) is 3.64. The Kier molecular flexibility index (Phi) is 6.62. The summed E-state index contributed by atoms with van der Waals surface area (Å²) in [6.45, 7) is 0.292. The van der Waals surface area contributed by atoms with E-state index in [1.165, 1.54) is 24.7 Å². The second-order valence-corrected chi connectivity index (χ2v) is 5.73. The molecule has 0 unspecified atom stereocenters. The number of ether oxygens (including phenoxy) is 2. The lowest BCUT2D eigenvalue weighted by Gasteiger charge is -2.05. The van der Waals surface area contributed by atoms with E-state index in [0.717, 1.165) is 11.1 Å². The molecule has 0 fully saturated rings. The van der Waals surface area contributed by atoms with Gasteiger partial charge < -0.3 is 18.3 Å². The molecular weight excluding hydrogens is 360 g/mol. The van der Waals surface area contributed by atoms with Crippen LogP contribution in [0.4, 0.5) is 0 Å². The van der Waals surface area contributed by atoms with Crippen LogP contribution in [0.3, 0.4) is 0 Å². The standard InChI is InChI=1S/C22H18O6/c23-21(11-9-19-3-1-13-25-19)27-15-17-5-7-18(8-6-17)16-28-22(24)12-10-20-4-2-14-26-20/h1-14H,15-16H2/b11-9+,12-10+. The molecule has 28 heavy (non-hydrogen) atoms. The highest BCUT2D eigenvalue weighted by Gasteiger charge is 2.02. The molecule has 0 N–H and O–H groups in total. The van der Waals surface area contributed by atoms with Crippen molar-refractivity contribution in [3.05, 3.63) is 95.9 Å². The molecule has 142 valence electrons. The van der Waals surface area contributed by atoms with Gasteiger partial charge in [0.15, 0.2) is 0 Å². The van der Waals surface area contributed by atoms with E-state index in [4.69, 9.17) is 18.3 Å². The summed E-state index contributed by atoms with van der Waals surface area (Å²) >= 11 is 0. The zero-order valence-electron chi connectivity index (χ0n) is 14.9. The lowest BCUT2D eigenvalue weighted by molar-refractivity contribution is -0.139. The maximum Gasteiger partial charge on any atom is 0.331 e. The van der Waals surface area contributed by atoms with Gasteiger partial charge in [-0.2, -0.15) is 0 Å². The summed E-state index contributed by atoms with van der Waals surface area (Å²) in [6.07, 6.45) is 8.75. The smallest absolute Gasteiger partial charge is 0.331 e. The molecule has 0 aliphatic heterocycles. The summed E-state index contributed by atoms with van der Waals surface area (Å²) in [4.78, 5) is 23.4. The summed E-state index contributed by atoms with van der Waals surface area (Å²) in [5, 5.41) is 0. The maximum atomic E-state index is 11.7. The Balaban J connectivity index is 1.40. The Bertz CT molecular complexity index is 852. The van der Waals surface area contributed by atoms with Crippen LogP contribution in [0, 0.1) is 0 Å². The van der Waals surface area contributed by atoms with E-state index in [1.807, 2.05) is 24.3 Å². The molecule has 0 saturated carbocycles. The van der Waals surface area contributed by atoms with Gasteiger partial charge in [-0.3, -0.25) is 0 Å². The van der Waals surface area contributed by atoms with Gasteiger partial charge in [-0.15, -0.1) is 0 Å². The minimum absolute atomic E-state index is 0.146. The number of carbonyl (C=O) groups excluding carboxylic acids is 2. The number of benzene rings is 1. The quantitative estimate of drug-likeness (QED) is 0.427. The van der Waals surface area contributed by atoms with Gasteiger partial charge in [-0.1, -0.05) is 24.3 Å². The van der Waals surface area contributed by atoms with Gasteiger partial charge >= 0.3 is 11.9 Å². The Morgan fingerprint density at radius 1 is 0.714 bits per heavy atom. The summed E-state index contributed by atoms with van der Waals surface area (Å²) < 4.78 is 20.5. The van der Waals surface area contributed by atoms with E-state index in [2.05, 4.69) is 0 Å². The molecule has 0 aliphatic rings. The third-order valence-electron chi connectivity index (χ3n) is 3.64. The molecule has 0 aliphatic carbocycles. The molecular formula is C22H18O6. The van der Waals surface area contributed by atoms with Gasteiger partial charge in [0, 0.05) is 12.2 Å². The molecule has 0 spiro atoms. The molecule has 6 nitrogen and oxygen atoms in total. The van der Waals surface area contributed by atoms with Crippen LogP contribution in [0.1, 0.15) is 22.6 Å². The molecule has 0 bridgehead atoms. The molecule has 0 atom stereocenters. The van der Waals surface area contributed by atoms with Crippen LogP contribution in [0.25, 0.3) is 12.2 Å². The monoisotopic (exact) mass is 378 g/mol. The lowest BCUT2D eigenvalue weighted by atomic mass is 10.1. The van der Waals surface area contributed by atoms with Crippen LogP contribution < -0.4 is 0 Å². The van der Waals surface area contributed by atoms with Gasteiger partial charge in [0.25, 0.3) is 0 Å². The average molecular weight is 378 g/mol. The summed E-state index contributed by atoms with van der Waals surface area (Å²) in [6, 6.07) is 14.2. The minimum Gasteiger partial charge on any atom is -0.465 e. The first-order valence-corrected chi connectivity index (χ1v) is 8.53. The zero-order chi connectivity index (χ0) is 19.6. The van der Waals surface area contributed by atoms with E-state index in [1.54, 1.807) is 36.4 Å². The van der Waals surface area contributed by atoms with Gasteiger partial charge in [0.05, 0.1) is 12.5 Å². The lowest BCUT2D eigenvalue weighted by Crippen LogP contribution is -2.02. The van der Waals surface area contributed by atoms with Crippen LogP contribution in [0.2, 0.25) is 0 Å². The van der Waals surface area contributed by atoms with Crippen LogP contribution in [-0.2, 0) is 32.3 Å². The number of rotatable bonds is 8. The zero-order valence-corrected chi connectivity index (χ0v) is 14.9. The molecule has 6 heteroatoms. The van der Waals surface area contributed by atoms with E-state index in [9.17, 15) is 9.59 Å². The second kappa shape index (κ2) is 9.78. The third kappa shape index (κ3) is 6.17. The van der Waals surface area contributed by atoms with Crippen molar-refractivity contribution in [2.45, 2.75) is 13.2 Å². The Labute approximate surface area is 161 Å². The second-order valence-electron chi connectivity index (χ2n) is 5.73. The van der Waals surface area contributed by atoms with Crippen molar-refractivity contribution in [2.75, 3.05) is 0 Å². The van der Waals surface area contributed by atoms with Crippen molar-refractivity contribution in [2.24, 2.45) is 0 Å². The molecule has 2 aromatic heterocycles. The normalized spacial score (nSPS) is 11.1. The van der Waals surface area contributed by atoms with Crippen molar-refractivity contribution < 1.29 is 27.9 Å². The first-order chi connectivity index (χ1) is 13.7. The van der Waals surface area contributed by atoms with E-state index >= 15 is 0 Å². The molecule has 3 aromatic rings. The number of furan rings is 2. The molecule has 1 aromatic carbocycles. The van der Waals surface area contributed by atoms with Crippen molar-refractivity contribution >= 4 is 24.1 Å². The highest BCUT2D eigenvalue weighted by Crippen LogP contribution is 2.09. The first kappa shape index (κ1) is 19.0. The average Bonchev–Trinajstić information content (AvgIpc) is 3.42. The van der Waals surface area contributed by atoms with Crippen molar-refractivity contribution in [3.63, 3.8) is 0 Å². The first-order valence-electron chi connectivity index (χ1n) is 8.53.